The van der Waals surface area contributed by atoms with Crippen LogP contribution in [0.5, 0.6) is 0 Å². The zero-order valence-corrected chi connectivity index (χ0v) is 10.5. The molecule has 0 radical (unpaired) electrons. The summed E-state index contributed by atoms with van der Waals surface area (Å²) < 4.78 is 0. The van der Waals surface area contributed by atoms with Gasteiger partial charge in [0.05, 0.1) is 11.9 Å². The van der Waals surface area contributed by atoms with Gasteiger partial charge in [0, 0.05) is 12.4 Å². The van der Waals surface area contributed by atoms with Crippen LogP contribution in [-0.4, -0.2) is 33.0 Å². The molecular weight excluding hydrogens is 252 g/mol. The fourth-order valence-electron chi connectivity index (χ4n) is 1.01. The number of hydrogen-bond acceptors (Lipinski definition) is 2. The number of halogens is 1. The minimum absolute atomic E-state index is 0. The molecule has 0 fully saturated rings. The van der Waals surface area contributed by atoms with Gasteiger partial charge in [0.25, 0.3) is 0 Å². The van der Waals surface area contributed by atoms with E-state index in [9.17, 15) is 0 Å². The molecule has 2 rings (SSSR count). The Morgan fingerprint density at radius 1 is 1.07 bits per heavy atom. The molecule has 1 aromatic heterocycles. The Balaban J connectivity index is 0.000000845. The van der Waals surface area contributed by atoms with Crippen LogP contribution in [0.1, 0.15) is 0 Å². The van der Waals surface area contributed by atoms with Crippen molar-refractivity contribution in [3.05, 3.63) is 48.9 Å². The van der Waals surface area contributed by atoms with E-state index in [-0.39, 0.29) is 40.0 Å². The van der Waals surface area contributed by atoms with E-state index >= 15 is 0 Å². The number of rotatable bonds is 1. The third kappa shape index (κ3) is 3.36. The van der Waals surface area contributed by atoms with Crippen molar-refractivity contribution in [2.24, 2.45) is 0 Å². The number of nitrogens with zero attached hydrogens (tertiary/aromatic N) is 2. The average Bonchev–Trinajstić information content (AvgIpc) is 2.21. The van der Waals surface area contributed by atoms with Crippen LogP contribution >= 0.6 is 0 Å². The van der Waals surface area contributed by atoms with Gasteiger partial charge in [-0.25, -0.2) is 0 Å². The third-order valence-electron chi connectivity index (χ3n) is 1.58. The van der Waals surface area contributed by atoms with Crippen LogP contribution in [-0.2, 0) is 0 Å². The molecule has 0 atom stereocenters. The number of aromatic nitrogens is 2. The van der Waals surface area contributed by atoms with Crippen molar-refractivity contribution in [1.29, 1.82) is 0 Å². The first-order valence-corrected chi connectivity index (χ1v) is 3.69. The molecule has 2 nitrogen and oxygen atoms in total. The molecule has 0 aliphatic carbocycles. The molecular formula is C10H7BrMgN2. The Labute approximate surface area is 110 Å². The van der Waals surface area contributed by atoms with Gasteiger partial charge in [-0.3, -0.25) is 9.97 Å². The van der Waals surface area contributed by atoms with Crippen LogP contribution in [0.15, 0.2) is 42.9 Å². The molecule has 0 aliphatic rings. The number of benzene rings is 1. The maximum absolute atomic E-state index is 4.17. The second-order valence-electron chi connectivity index (χ2n) is 2.38. The van der Waals surface area contributed by atoms with E-state index in [1.807, 2.05) is 24.3 Å². The molecule has 14 heavy (non-hydrogen) atoms. The Morgan fingerprint density at radius 3 is 2.36 bits per heavy atom. The standard InChI is InChI=1S/C10H7N2.BrH.Mg/c1-2-4-9(5-3-1)10-8-11-6-7-12-10;;/h2-8H;1H;/q-1;;+2/p-1. The summed E-state index contributed by atoms with van der Waals surface area (Å²) in [5, 5.41) is 0. The normalized spacial score (nSPS) is 8.29. The minimum atomic E-state index is 0. The summed E-state index contributed by atoms with van der Waals surface area (Å²) in [7, 11) is 0. The second kappa shape index (κ2) is 6.92. The van der Waals surface area contributed by atoms with Crippen molar-refractivity contribution in [3.8, 4) is 11.3 Å². The fourth-order valence-corrected chi connectivity index (χ4v) is 1.01. The summed E-state index contributed by atoms with van der Waals surface area (Å²) in [4.78, 5) is 8.16. The first-order valence-electron chi connectivity index (χ1n) is 3.69. The van der Waals surface area contributed by atoms with E-state index in [0.717, 1.165) is 11.3 Å². The molecule has 2 aromatic rings. The van der Waals surface area contributed by atoms with Gasteiger partial charge in [-0.15, -0.1) is 5.56 Å². The molecule has 0 saturated carbocycles. The molecule has 0 spiro atoms. The van der Waals surface area contributed by atoms with Gasteiger partial charge in [0.15, 0.2) is 0 Å². The van der Waals surface area contributed by atoms with Crippen LogP contribution < -0.4 is 17.0 Å². The Bertz CT molecular complexity index is 316. The second-order valence-corrected chi connectivity index (χ2v) is 2.38. The molecule has 0 amide bonds. The van der Waals surface area contributed by atoms with Gasteiger partial charge < -0.3 is 17.0 Å². The van der Waals surface area contributed by atoms with Crippen LogP contribution in [0.4, 0.5) is 0 Å². The monoisotopic (exact) mass is 258 g/mol. The molecule has 0 aliphatic heterocycles. The van der Waals surface area contributed by atoms with Gasteiger partial charge in [-0.1, -0.05) is 0 Å². The van der Waals surface area contributed by atoms with Gasteiger partial charge >= 0.3 is 23.1 Å². The van der Waals surface area contributed by atoms with E-state index in [4.69, 9.17) is 0 Å². The first kappa shape index (κ1) is 13.5. The molecule has 0 N–H and O–H groups in total. The third-order valence-corrected chi connectivity index (χ3v) is 1.58. The molecule has 66 valence electrons. The van der Waals surface area contributed by atoms with Crippen molar-refractivity contribution in [1.82, 2.24) is 9.97 Å². The maximum Gasteiger partial charge on any atom is 2.00 e. The SMILES string of the molecule is [Br-].[Mg+2].[c-]1ccc(-c2cnccn2)cc1. The fraction of sp³-hybridized carbons (Fsp3) is 0. The number of hydrogen-bond donors (Lipinski definition) is 0. The van der Waals surface area contributed by atoms with Crippen molar-refractivity contribution >= 4 is 23.1 Å². The molecule has 1 aromatic carbocycles. The summed E-state index contributed by atoms with van der Waals surface area (Å²) in [5.41, 5.74) is 1.97. The van der Waals surface area contributed by atoms with E-state index in [1.165, 1.54) is 0 Å². The Hall–Kier alpha value is -0.454. The summed E-state index contributed by atoms with van der Waals surface area (Å²) >= 11 is 0. The molecule has 0 bridgehead atoms. The topological polar surface area (TPSA) is 25.8 Å². The van der Waals surface area contributed by atoms with Gasteiger partial charge in [-0.2, -0.15) is 30.3 Å². The van der Waals surface area contributed by atoms with Crippen molar-refractivity contribution in [3.63, 3.8) is 0 Å². The van der Waals surface area contributed by atoms with E-state index in [0.29, 0.717) is 0 Å². The Kier molecular flexibility index (Phi) is 6.70. The predicted octanol–water partition coefficient (Wildman–Crippen LogP) is -1.43. The van der Waals surface area contributed by atoms with E-state index in [2.05, 4.69) is 16.0 Å². The summed E-state index contributed by atoms with van der Waals surface area (Å²) in [5.74, 6) is 0. The summed E-state index contributed by atoms with van der Waals surface area (Å²) in [6, 6.07) is 10.6. The van der Waals surface area contributed by atoms with Gasteiger partial charge in [-0.05, 0) is 0 Å². The zero-order chi connectivity index (χ0) is 8.23. The van der Waals surface area contributed by atoms with Crippen LogP contribution in [0.3, 0.4) is 0 Å². The summed E-state index contributed by atoms with van der Waals surface area (Å²) in [6.45, 7) is 0. The van der Waals surface area contributed by atoms with Crippen molar-refractivity contribution in [2.75, 3.05) is 0 Å². The largest absolute Gasteiger partial charge is 2.00 e. The smallest absolute Gasteiger partial charge is 1.00 e. The molecule has 4 heteroatoms. The van der Waals surface area contributed by atoms with Crippen LogP contribution in [0, 0.1) is 6.07 Å². The minimum Gasteiger partial charge on any atom is -1.00 e. The molecule has 0 unspecified atom stereocenters. The summed E-state index contributed by atoms with van der Waals surface area (Å²) in [6.07, 6.45) is 5.10. The Morgan fingerprint density at radius 2 is 1.79 bits per heavy atom. The quantitative estimate of drug-likeness (QED) is 0.463. The molecule has 1 heterocycles. The van der Waals surface area contributed by atoms with E-state index < -0.39 is 0 Å². The molecule has 0 saturated heterocycles. The van der Waals surface area contributed by atoms with Crippen molar-refractivity contribution < 1.29 is 17.0 Å². The van der Waals surface area contributed by atoms with Crippen LogP contribution in [0.2, 0.25) is 0 Å². The van der Waals surface area contributed by atoms with Crippen molar-refractivity contribution in [2.45, 2.75) is 0 Å². The van der Waals surface area contributed by atoms with Crippen LogP contribution in [0.25, 0.3) is 11.3 Å². The average molecular weight is 259 g/mol. The zero-order valence-electron chi connectivity index (χ0n) is 7.52. The predicted molar refractivity (Wildman–Crippen MR) is 52.1 cm³/mol. The van der Waals surface area contributed by atoms with Gasteiger partial charge in [0.2, 0.25) is 0 Å². The van der Waals surface area contributed by atoms with E-state index in [1.54, 1.807) is 18.6 Å². The van der Waals surface area contributed by atoms with Gasteiger partial charge in [0.1, 0.15) is 0 Å². The first-order chi connectivity index (χ1) is 5.97. The maximum atomic E-state index is 4.17.